The monoisotopic (exact) mass is 242 g/mol. The van der Waals surface area contributed by atoms with E-state index in [2.05, 4.69) is 4.98 Å². The molecule has 2 aromatic rings. The van der Waals surface area contributed by atoms with E-state index in [1.807, 2.05) is 36.1 Å². The van der Waals surface area contributed by atoms with Gasteiger partial charge < -0.3 is 0 Å². The van der Waals surface area contributed by atoms with Crippen molar-refractivity contribution in [2.24, 2.45) is 7.05 Å². The summed E-state index contributed by atoms with van der Waals surface area (Å²) < 4.78 is 3.62. The molecule has 0 unspecified atom stereocenters. The van der Waals surface area contributed by atoms with Crippen LogP contribution < -0.4 is 4.57 Å². The molecule has 3 nitrogen and oxygen atoms in total. The van der Waals surface area contributed by atoms with Crippen molar-refractivity contribution in [3.8, 4) is 0 Å². The first-order valence-corrected chi connectivity index (χ1v) is 5.23. The van der Waals surface area contributed by atoms with Crippen LogP contribution in [0.4, 0.5) is 0 Å². The molecule has 0 saturated carbocycles. The second-order valence-corrected chi connectivity index (χ2v) is 3.97. The van der Waals surface area contributed by atoms with Crippen molar-refractivity contribution in [1.29, 1.82) is 0 Å². The van der Waals surface area contributed by atoms with Gasteiger partial charge in [-0.3, -0.25) is 4.98 Å². The first kappa shape index (κ1) is 10.5. The molecule has 78 valence electrons. The van der Waals surface area contributed by atoms with Crippen LogP contribution in [0.25, 0.3) is 0 Å². The van der Waals surface area contributed by atoms with Gasteiger partial charge in [-0.15, -0.1) is 0 Å². The first-order chi connectivity index (χ1) is 7.18. The van der Waals surface area contributed by atoms with E-state index in [0.29, 0.717) is 16.9 Å². The summed E-state index contributed by atoms with van der Waals surface area (Å²) in [5.74, 6) is 0. The summed E-state index contributed by atoms with van der Waals surface area (Å²) in [6.07, 6.45) is 3.60. The van der Waals surface area contributed by atoms with E-state index in [0.717, 1.165) is 5.69 Å². The Morgan fingerprint density at radius 2 is 2.20 bits per heavy atom. The third-order valence-corrected chi connectivity index (χ3v) is 3.04. The molecule has 0 aromatic carbocycles. The number of aryl methyl sites for hydroxylation is 1. The number of pyridine rings is 1. The predicted octanol–water partition coefficient (Wildman–Crippen LogP) is 2.06. The van der Waals surface area contributed by atoms with Crippen LogP contribution in [0.15, 0.2) is 30.7 Å². The third-order valence-electron chi connectivity index (χ3n) is 2.10. The Kier molecular flexibility index (Phi) is 2.93. The number of halogens is 2. The highest BCUT2D eigenvalue weighted by atomic mass is 35.5. The zero-order valence-corrected chi connectivity index (χ0v) is 9.70. The first-order valence-electron chi connectivity index (χ1n) is 4.48. The van der Waals surface area contributed by atoms with E-state index >= 15 is 0 Å². The maximum absolute atomic E-state index is 6.05. The minimum absolute atomic E-state index is 0.532. The van der Waals surface area contributed by atoms with Crippen LogP contribution in [0.3, 0.4) is 0 Å². The van der Waals surface area contributed by atoms with Crippen LogP contribution >= 0.6 is 23.2 Å². The third kappa shape index (κ3) is 2.13. The van der Waals surface area contributed by atoms with Gasteiger partial charge in [0, 0.05) is 6.20 Å². The van der Waals surface area contributed by atoms with E-state index in [9.17, 15) is 0 Å². The average Bonchev–Trinajstić information content (AvgIpc) is 2.48. The second kappa shape index (κ2) is 4.21. The number of nitrogens with zero attached hydrogens (tertiary/aromatic N) is 3. The summed E-state index contributed by atoms with van der Waals surface area (Å²) in [5.41, 5.74) is 0.951. The van der Waals surface area contributed by atoms with Crippen LogP contribution in [-0.2, 0) is 13.6 Å². The van der Waals surface area contributed by atoms with E-state index in [1.54, 1.807) is 10.8 Å². The lowest BCUT2D eigenvalue weighted by Crippen LogP contribution is -2.26. The molecular weight excluding hydrogens is 233 g/mol. The number of hydrogen-bond donors (Lipinski definition) is 0. The van der Waals surface area contributed by atoms with Gasteiger partial charge in [-0.2, -0.15) is 0 Å². The van der Waals surface area contributed by atoms with Crippen molar-refractivity contribution in [2.45, 2.75) is 6.54 Å². The molecule has 0 amide bonds. The van der Waals surface area contributed by atoms with Crippen LogP contribution in [-0.4, -0.2) is 9.55 Å². The summed E-state index contributed by atoms with van der Waals surface area (Å²) >= 11 is 12.0. The quantitative estimate of drug-likeness (QED) is 0.740. The van der Waals surface area contributed by atoms with E-state index in [-0.39, 0.29) is 0 Å². The standard InChI is InChI=1S/C10H10Cl2N3/c1-14-7-15(10(12)9(14)11)6-8-4-2-3-5-13-8/h2-5,7H,6H2,1H3/q+1. The van der Waals surface area contributed by atoms with Crippen molar-refractivity contribution < 1.29 is 4.57 Å². The van der Waals surface area contributed by atoms with E-state index in [1.165, 1.54) is 0 Å². The van der Waals surface area contributed by atoms with E-state index < -0.39 is 0 Å². The Morgan fingerprint density at radius 3 is 2.73 bits per heavy atom. The van der Waals surface area contributed by atoms with Gasteiger partial charge in [-0.05, 0) is 35.3 Å². The Hall–Kier alpha value is -1.06. The van der Waals surface area contributed by atoms with Gasteiger partial charge in [0.1, 0.15) is 6.54 Å². The Labute approximate surface area is 97.9 Å². The molecule has 0 bridgehead atoms. The Morgan fingerprint density at radius 1 is 1.40 bits per heavy atom. The lowest BCUT2D eigenvalue weighted by molar-refractivity contribution is -0.668. The van der Waals surface area contributed by atoms with Crippen LogP contribution in [0, 0.1) is 0 Å². The lowest BCUT2D eigenvalue weighted by atomic mass is 10.3. The Balaban J connectivity index is 2.29. The summed E-state index contributed by atoms with van der Waals surface area (Å²) in [6.45, 7) is 0.625. The molecule has 15 heavy (non-hydrogen) atoms. The fraction of sp³-hybridized carbons (Fsp3) is 0.200. The minimum Gasteiger partial charge on any atom is -0.257 e. The topological polar surface area (TPSA) is 21.7 Å². The van der Waals surface area contributed by atoms with Gasteiger partial charge in [0.25, 0.3) is 10.3 Å². The second-order valence-electron chi connectivity index (χ2n) is 3.26. The lowest BCUT2D eigenvalue weighted by Gasteiger charge is -1.96. The van der Waals surface area contributed by atoms with Crippen LogP contribution in [0.2, 0.25) is 10.3 Å². The molecule has 0 N–H and O–H groups in total. The molecule has 0 aliphatic heterocycles. The molecule has 5 heteroatoms. The van der Waals surface area contributed by atoms with Gasteiger partial charge >= 0.3 is 0 Å². The Bertz CT molecular complexity index is 465. The summed E-state index contributed by atoms with van der Waals surface area (Å²) in [5, 5.41) is 1.07. The number of aromatic nitrogens is 3. The molecular formula is C10H10Cl2N3+. The van der Waals surface area contributed by atoms with Crippen LogP contribution in [0.5, 0.6) is 0 Å². The molecule has 2 aromatic heterocycles. The minimum atomic E-state index is 0.532. The molecule has 0 spiro atoms. The van der Waals surface area contributed by atoms with Crippen LogP contribution in [0.1, 0.15) is 5.69 Å². The molecule has 0 aliphatic carbocycles. The van der Waals surface area contributed by atoms with Gasteiger partial charge in [-0.1, -0.05) is 6.07 Å². The smallest absolute Gasteiger partial charge is 0.255 e. The largest absolute Gasteiger partial charge is 0.257 e. The van der Waals surface area contributed by atoms with Gasteiger partial charge in [0.15, 0.2) is 0 Å². The summed E-state index contributed by atoms with van der Waals surface area (Å²) in [7, 11) is 1.85. The molecule has 0 saturated heterocycles. The highest BCUT2D eigenvalue weighted by molar-refractivity contribution is 6.39. The van der Waals surface area contributed by atoms with Crippen molar-refractivity contribution in [3.05, 3.63) is 46.7 Å². The normalized spacial score (nSPS) is 10.6. The maximum Gasteiger partial charge on any atom is 0.255 e. The molecule has 2 rings (SSSR count). The SMILES string of the molecule is C[n+]1cn(Cc2ccccn2)c(Cl)c1Cl. The molecule has 0 aliphatic rings. The van der Waals surface area contributed by atoms with Crippen molar-refractivity contribution >= 4 is 23.2 Å². The average molecular weight is 243 g/mol. The van der Waals surface area contributed by atoms with Crippen molar-refractivity contribution in [1.82, 2.24) is 9.55 Å². The summed E-state index contributed by atoms with van der Waals surface area (Å²) in [4.78, 5) is 4.22. The molecule has 0 fully saturated rings. The molecule has 0 atom stereocenters. The predicted molar refractivity (Wildman–Crippen MR) is 59.0 cm³/mol. The highest BCUT2D eigenvalue weighted by Crippen LogP contribution is 2.18. The van der Waals surface area contributed by atoms with Gasteiger partial charge in [-0.25, -0.2) is 9.13 Å². The molecule has 0 radical (unpaired) electrons. The maximum atomic E-state index is 6.05. The van der Waals surface area contributed by atoms with Gasteiger partial charge in [0.05, 0.1) is 12.7 Å². The highest BCUT2D eigenvalue weighted by Gasteiger charge is 2.17. The zero-order chi connectivity index (χ0) is 10.8. The zero-order valence-electron chi connectivity index (χ0n) is 8.19. The fourth-order valence-corrected chi connectivity index (χ4v) is 1.74. The number of hydrogen-bond acceptors (Lipinski definition) is 1. The van der Waals surface area contributed by atoms with Crippen molar-refractivity contribution in [2.75, 3.05) is 0 Å². The van der Waals surface area contributed by atoms with Crippen molar-refractivity contribution in [3.63, 3.8) is 0 Å². The number of imidazole rings is 1. The summed E-state index contributed by atoms with van der Waals surface area (Å²) in [6, 6.07) is 5.78. The molecule has 2 heterocycles. The van der Waals surface area contributed by atoms with E-state index in [4.69, 9.17) is 23.2 Å². The number of rotatable bonds is 2. The van der Waals surface area contributed by atoms with Gasteiger partial charge in [0.2, 0.25) is 6.33 Å². The fourth-order valence-electron chi connectivity index (χ4n) is 1.35.